The van der Waals surface area contributed by atoms with Crippen LogP contribution < -0.4 is 0 Å². The first-order valence-electron chi connectivity index (χ1n) is 7.79. The summed E-state index contributed by atoms with van der Waals surface area (Å²) in [5, 5.41) is 12.3. The minimum Gasteiger partial charge on any atom is -0.385 e. The van der Waals surface area contributed by atoms with E-state index in [1.165, 1.54) is 12.8 Å². The molecule has 0 radical (unpaired) electrons. The smallest absolute Gasteiger partial charge is 0.0917 e. The summed E-state index contributed by atoms with van der Waals surface area (Å²) in [5.41, 5.74) is 1.29. The van der Waals surface area contributed by atoms with Crippen molar-refractivity contribution in [2.75, 3.05) is 0 Å². The van der Waals surface area contributed by atoms with Crippen LogP contribution in [0.15, 0.2) is 36.5 Å². The van der Waals surface area contributed by atoms with Crippen LogP contribution in [-0.4, -0.2) is 10.1 Å². The van der Waals surface area contributed by atoms with Crippen LogP contribution in [0.1, 0.15) is 51.0 Å². The summed E-state index contributed by atoms with van der Waals surface area (Å²) in [7, 11) is 0. The largest absolute Gasteiger partial charge is 0.385 e. The average molecular weight is 269 g/mol. The predicted molar refractivity (Wildman–Crippen MR) is 82.5 cm³/mol. The number of pyridine rings is 1. The summed E-state index contributed by atoms with van der Waals surface area (Å²) in [4.78, 5) is 4.51. The summed E-state index contributed by atoms with van der Waals surface area (Å²) in [6.45, 7) is 2.26. The molecule has 2 aromatic rings. The Bertz CT molecular complexity index is 589. The molecule has 1 N–H and O–H groups in total. The van der Waals surface area contributed by atoms with E-state index in [2.05, 4.69) is 30.1 Å². The van der Waals surface area contributed by atoms with Crippen molar-refractivity contribution in [2.45, 2.75) is 51.0 Å². The molecule has 1 saturated carbocycles. The highest BCUT2D eigenvalue weighted by atomic mass is 16.3. The molecular weight excluding hydrogens is 246 g/mol. The molecule has 0 spiro atoms. The average Bonchev–Trinajstić information content (AvgIpc) is 2.69. The second-order valence-electron chi connectivity index (χ2n) is 6.12. The Morgan fingerprint density at radius 2 is 2.05 bits per heavy atom. The van der Waals surface area contributed by atoms with Crippen molar-refractivity contribution in [1.82, 2.24) is 4.98 Å². The third-order valence-electron chi connectivity index (χ3n) is 4.88. The van der Waals surface area contributed by atoms with E-state index in [0.29, 0.717) is 0 Å². The Hall–Kier alpha value is -1.41. The number of rotatable bonds is 2. The first kappa shape index (κ1) is 13.6. The standard InChI is InChI=1S/C18H23NO/c1-2-14-6-4-11-18(20,12-10-14)16-9-3-7-15-8-5-13-19-17(15)16/h3,5,7-9,13-14,20H,2,4,6,10-12H2,1H3. The van der Waals surface area contributed by atoms with Gasteiger partial charge in [-0.25, -0.2) is 0 Å². The van der Waals surface area contributed by atoms with Gasteiger partial charge in [0.1, 0.15) is 0 Å². The maximum Gasteiger partial charge on any atom is 0.0917 e. The van der Waals surface area contributed by atoms with Gasteiger partial charge >= 0.3 is 0 Å². The monoisotopic (exact) mass is 269 g/mol. The molecule has 106 valence electrons. The van der Waals surface area contributed by atoms with Crippen LogP contribution in [-0.2, 0) is 5.60 Å². The molecule has 1 aromatic carbocycles. The fourth-order valence-corrected chi connectivity index (χ4v) is 3.55. The Morgan fingerprint density at radius 3 is 2.90 bits per heavy atom. The molecule has 2 nitrogen and oxygen atoms in total. The van der Waals surface area contributed by atoms with Gasteiger partial charge in [0.15, 0.2) is 0 Å². The maximum atomic E-state index is 11.2. The molecule has 0 bridgehead atoms. The second-order valence-corrected chi connectivity index (χ2v) is 6.12. The van der Waals surface area contributed by atoms with Crippen LogP contribution in [0.5, 0.6) is 0 Å². The van der Waals surface area contributed by atoms with E-state index in [0.717, 1.165) is 48.1 Å². The summed E-state index contributed by atoms with van der Waals surface area (Å²) >= 11 is 0. The first-order valence-corrected chi connectivity index (χ1v) is 7.79. The number of aromatic nitrogens is 1. The van der Waals surface area contributed by atoms with Crippen LogP contribution in [0, 0.1) is 5.92 Å². The zero-order valence-corrected chi connectivity index (χ0v) is 12.2. The number of fused-ring (bicyclic) bond motifs is 1. The predicted octanol–water partition coefficient (Wildman–Crippen LogP) is 4.41. The van der Waals surface area contributed by atoms with Gasteiger partial charge in [0, 0.05) is 17.1 Å². The third kappa shape index (κ3) is 2.45. The first-order chi connectivity index (χ1) is 9.73. The number of aliphatic hydroxyl groups is 1. The van der Waals surface area contributed by atoms with E-state index in [-0.39, 0.29) is 0 Å². The van der Waals surface area contributed by atoms with Gasteiger partial charge in [-0.2, -0.15) is 0 Å². The van der Waals surface area contributed by atoms with Crippen LogP contribution in [0.4, 0.5) is 0 Å². The lowest BCUT2D eigenvalue weighted by Crippen LogP contribution is -2.25. The maximum absolute atomic E-state index is 11.2. The highest BCUT2D eigenvalue weighted by Crippen LogP contribution is 2.40. The van der Waals surface area contributed by atoms with Gasteiger partial charge in [-0.15, -0.1) is 0 Å². The number of hydrogen-bond donors (Lipinski definition) is 1. The minimum absolute atomic E-state index is 0.697. The summed E-state index contributed by atoms with van der Waals surface area (Å²) in [5.74, 6) is 0.770. The van der Waals surface area contributed by atoms with Crippen molar-refractivity contribution in [3.8, 4) is 0 Å². The van der Waals surface area contributed by atoms with Crippen LogP contribution in [0.25, 0.3) is 10.9 Å². The zero-order valence-electron chi connectivity index (χ0n) is 12.2. The van der Waals surface area contributed by atoms with Gasteiger partial charge in [-0.05, 0) is 37.7 Å². The van der Waals surface area contributed by atoms with Crippen molar-refractivity contribution in [3.05, 3.63) is 42.1 Å². The van der Waals surface area contributed by atoms with Crippen molar-refractivity contribution in [2.24, 2.45) is 5.92 Å². The van der Waals surface area contributed by atoms with E-state index in [4.69, 9.17) is 0 Å². The molecule has 2 unspecified atom stereocenters. The number of nitrogens with zero attached hydrogens (tertiary/aromatic N) is 1. The highest BCUT2D eigenvalue weighted by molar-refractivity contribution is 5.82. The van der Waals surface area contributed by atoms with Crippen LogP contribution >= 0.6 is 0 Å². The molecular formula is C18H23NO. The normalized spacial score (nSPS) is 27.4. The topological polar surface area (TPSA) is 33.1 Å². The van der Waals surface area contributed by atoms with Crippen molar-refractivity contribution < 1.29 is 5.11 Å². The van der Waals surface area contributed by atoms with Crippen molar-refractivity contribution in [3.63, 3.8) is 0 Å². The molecule has 0 amide bonds. The number of hydrogen-bond acceptors (Lipinski definition) is 2. The lowest BCUT2D eigenvalue weighted by molar-refractivity contribution is 0.0209. The number of para-hydroxylation sites is 1. The molecule has 0 aliphatic heterocycles. The Balaban J connectivity index is 2.01. The van der Waals surface area contributed by atoms with Crippen molar-refractivity contribution in [1.29, 1.82) is 0 Å². The lowest BCUT2D eigenvalue weighted by Gasteiger charge is -2.28. The van der Waals surface area contributed by atoms with E-state index in [9.17, 15) is 5.11 Å². The summed E-state index contributed by atoms with van der Waals surface area (Å²) < 4.78 is 0. The lowest BCUT2D eigenvalue weighted by atomic mass is 9.84. The molecule has 2 heteroatoms. The second kappa shape index (κ2) is 5.53. The minimum atomic E-state index is -0.697. The molecule has 1 heterocycles. The SMILES string of the molecule is CCC1CCCC(O)(c2cccc3cccnc23)CC1. The molecule has 3 rings (SSSR count). The molecule has 1 aromatic heterocycles. The molecule has 1 fully saturated rings. The van der Waals surface area contributed by atoms with Gasteiger partial charge < -0.3 is 5.11 Å². The Kier molecular flexibility index (Phi) is 3.75. The van der Waals surface area contributed by atoms with Crippen molar-refractivity contribution >= 4 is 10.9 Å². The van der Waals surface area contributed by atoms with Gasteiger partial charge in [0.2, 0.25) is 0 Å². The Morgan fingerprint density at radius 1 is 1.20 bits per heavy atom. The van der Waals surface area contributed by atoms with Crippen LogP contribution in [0.3, 0.4) is 0 Å². The summed E-state index contributed by atoms with van der Waals surface area (Å²) in [6, 6.07) is 10.2. The van der Waals surface area contributed by atoms with E-state index in [1.807, 2.05) is 18.3 Å². The number of benzene rings is 1. The molecule has 20 heavy (non-hydrogen) atoms. The van der Waals surface area contributed by atoms with Gasteiger partial charge in [-0.3, -0.25) is 4.98 Å². The van der Waals surface area contributed by atoms with E-state index < -0.39 is 5.60 Å². The highest BCUT2D eigenvalue weighted by Gasteiger charge is 2.33. The van der Waals surface area contributed by atoms with Gasteiger partial charge in [-0.1, -0.05) is 44.0 Å². The quantitative estimate of drug-likeness (QED) is 0.819. The van der Waals surface area contributed by atoms with Gasteiger partial charge in [0.05, 0.1) is 11.1 Å². The summed E-state index contributed by atoms with van der Waals surface area (Å²) in [6.07, 6.45) is 8.25. The molecule has 0 saturated heterocycles. The fraction of sp³-hybridized carbons (Fsp3) is 0.500. The molecule has 2 atom stereocenters. The fourth-order valence-electron chi connectivity index (χ4n) is 3.55. The van der Waals surface area contributed by atoms with Gasteiger partial charge in [0.25, 0.3) is 0 Å². The molecule has 1 aliphatic carbocycles. The van der Waals surface area contributed by atoms with E-state index >= 15 is 0 Å². The molecule has 1 aliphatic rings. The third-order valence-corrected chi connectivity index (χ3v) is 4.88. The Labute approximate surface area is 120 Å². The zero-order chi connectivity index (χ0) is 14.0. The van der Waals surface area contributed by atoms with Crippen LogP contribution in [0.2, 0.25) is 0 Å². The van der Waals surface area contributed by atoms with E-state index in [1.54, 1.807) is 0 Å².